The zero-order valence-electron chi connectivity index (χ0n) is 16.0. The van der Waals surface area contributed by atoms with Crippen LogP contribution < -0.4 is 9.47 Å². The van der Waals surface area contributed by atoms with Crippen molar-refractivity contribution in [2.45, 2.75) is 6.04 Å². The molecule has 1 aromatic heterocycles. The highest BCUT2D eigenvalue weighted by atomic mass is 32.2. The molecule has 9 heteroatoms. The lowest BCUT2D eigenvalue weighted by Crippen LogP contribution is -2.32. The van der Waals surface area contributed by atoms with Crippen molar-refractivity contribution in [3.63, 3.8) is 0 Å². The summed E-state index contributed by atoms with van der Waals surface area (Å²) in [5.41, 5.74) is 0.831. The third-order valence-corrected chi connectivity index (χ3v) is 6.74. The Kier molecular flexibility index (Phi) is 5.73. The van der Waals surface area contributed by atoms with Crippen molar-refractivity contribution in [3.05, 3.63) is 30.6 Å². The summed E-state index contributed by atoms with van der Waals surface area (Å²) in [5.74, 6) is 1.92. The molecule has 148 valence electrons. The Morgan fingerprint density at radius 3 is 2.44 bits per heavy atom. The summed E-state index contributed by atoms with van der Waals surface area (Å²) in [7, 11) is 2.96. The lowest BCUT2D eigenvalue weighted by Gasteiger charge is -2.23. The normalized spacial score (nSPS) is 20.2. The second-order valence-corrected chi connectivity index (χ2v) is 8.91. The molecule has 1 aliphatic rings. The van der Waals surface area contributed by atoms with Crippen LogP contribution in [0.4, 0.5) is 0 Å². The number of nitrogens with zero attached hydrogens (tertiary/aromatic N) is 3. The fourth-order valence-electron chi connectivity index (χ4n) is 3.21. The standard InChI is InChI=1S/C18H25N3O5S/c1-20(2)27(22,23)12-14-10-26-11-17(14)21-6-5-19-18(21)13-7-15(24-3)9-16(8-13)25-4/h5-9,14,17H,10-12H2,1-4H3/t14-,17-/m1/s1. The predicted octanol–water partition coefficient (Wildman–Crippen LogP) is 1.65. The van der Waals surface area contributed by atoms with Crippen molar-refractivity contribution in [3.8, 4) is 22.9 Å². The second kappa shape index (κ2) is 7.87. The van der Waals surface area contributed by atoms with Gasteiger partial charge in [-0.05, 0) is 12.1 Å². The van der Waals surface area contributed by atoms with Crippen molar-refractivity contribution in [1.29, 1.82) is 0 Å². The number of hydrogen-bond donors (Lipinski definition) is 0. The molecular formula is C18H25N3O5S. The summed E-state index contributed by atoms with van der Waals surface area (Å²) in [5, 5.41) is 0. The first kappa shape index (κ1) is 19.7. The fraction of sp³-hybridized carbons (Fsp3) is 0.500. The van der Waals surface area contributed by atoms with E-state index in [9.17, 15) is 8.42 Å². The van der Waals surface area contributed by atoms with Gasteiger partial charge in [-0.3, -0.25) is 0 Å². The van der Waals surface area contributed by atoms with Gasteiger partial charge in [0, 0.05) is 44.0 Å². The van der Waals surface area contributed by atoms with E-state index in [2.05, 4.69) is 4.98 Å². The van der Waals surface area contributed by atoms with Gasteiger partial charge < -0.3 is 18.8 Å². The molecule has 0 N–H and O–H groups in total. The first-order chi connectivity index (χ1) is 12.9. The summed E-state index contributed by atoms with van der Waals surface area (Å²) in [6, 6.07) is 5.43. The minimum Gasteiger partial charge on any atom is -0.497 e. The van der Waals surface area contributed by atoms with Crippen molar-refractivity contribution in [2.24, 2.45) is 5.92 Å². The number of hydrogen-bond acceptors (Lipinski definition) is 6. The zero-order valence-corrected chi connectivity index (χ0v) is 16.8. The van der Waals surface area contributed by atoms with Gasteiger partial charge in [0.05, 0.1) is 39.2 Å². The quantitative estimate of drug-likeness (QED) is 0.709. The average Bonchev–Trinajstić information content (AvgIpc) is 3.29. The summed E-state index contributed by atoms with van der Waals surface area (Å²) < 4.78 is 44.2. The van der Waals surface area contributed by atoms with Gasteiger partial charge in [-0.15, -0.1) is 0 Å². The molecule has 0 amide bonds. The van der Waals surface area contributed by atoms with E-state index < -0.39 is 10.0 Å². The topological polar surface area (TPSA) is 82.9 Å². The average molecular weight is 395 g/mol. The summed E-state index contributed by atoms with van der Waals surface area (Å²) in [6.07, 6.45) is 3.56. The van der Waals surface area contributed by atoms with E-state index in [-0.39, 0.29) is 17.7 Å². The molecule has 1 aliphatic heterocycles. The maximum Gasteiger partial charge on any atom is 0.214 e. The summed E-state index contributed by atoms with van der Waals surface area (Å²) in [6.45, 7) is 0.842. The SMILES string of the molecule is COc1cc(OC)cc(-c2nccn2[C@@H]2COC[C@@H]2CS(=O)(=O)N(C)C)c1. The smallest absolute Gasteiger partial charge is 0.214 e. The number of ether oxygens (including phenoxy) is 3. The van der Waals surface area contributed by atoms with E-state index in [0.29, 0.717) is 24.7 Å². The van der Waals surface area contributed by atoms with Gasteiger partial charge in [-0.1, -0.05) is 0 Å². The molecule has 1 fully saturated rings. The number of methoxy groups -OCH3 is 2. The van der Waals surface area contributed by atoms with E-state index in [0.717, 1.165) is 11.4 Å². The molecule has 1 aromatic carbocycles. The first-order valence-electron chi connectivity index (χ1n) is 8.60. The number of sulfonamides is 1. The minimum absolute atomic E-state index is 0.0315. The van der Waals surface area contributed by atoms with Crippen LogP contribution >= 0.6 is 0 Å². The van der Waals surface area contributed by atoms with Gasteiger partial charge in [0.2, 0.25) is 10.0 Å². The molecular weight excluding hydrogens is 370 g/mol. The Balaban J connectivity index is 1.95. The molecule has 2 aromatic rings. The van der Waals surface area contributed by atoms with Crippen LogP contribution in [-0.2, 0) is 14.8 Å². The van der Waals surface area contributed by atoms with Crippen LogP contribution in [0.3, 0.4) is 0 Å². The lowest BCUT2D eigenvalue weighted by atomic mass is 10.1. The van der Waals surface area contributed by atoms with Crippen molar-refractivity contribution >= 4 is 10.0 Å². The fourth-order valence-corrected chi connectivity index (χ4v) is 4.37. The van der Waals surface area contributed by atoms with Gasteiger partial charge in [0.25, 0.3) is 0 Å². The van der Waals surface area contributed by atoms with Gasteiger partial charge in [0.1, 0.15) is 17.3 Å². The molecule has 0 saturated carbocycles. The lowest BCUT2D eigenvalue weighted by molar-refractivity contribution is 0.182. The Morgan fingerprint density at radius 2 is 1.85 bits per heavy atom. The summed E-state index contributed by atoms with van der Waals surface area (Å²) in [4.78, 5) is 4.48. The molecule has 0 aliphatic carbocycles. The molecule has 2 atom stereocenters. The maximum absolute atomic E-state index is 12.3. The predicted molar refractivity (Wildman–Crippen MR) is 102 cm³/mol. The Labute approximate surface area is 159 Å². The molecule has 3 rings (SSSR count). The Bertz CT molecular complexity index is 872. The highest BCUT2D eigenvalue weighted by Crippen LogP contribution is 2.34. The van der Waals surface area contributed by atoms with Crippen LogP contribution in [0.25, 0.3) is 11.4 Å². The number of aromatic nitrogens is 2. The first-order valence-corrected chi connectivity index (χ1v) is 10.2. The largest absolute Gasteiger partial charge is 0.497 e. The zero-order chi connectivity index (χ0) is 19.6. The number of rotatable bonds is 7. The Hall–Kier alpha value is -2.10. The van der Waals surface area contributed by atoms with Crippen LogP contribution in [0.1, 0.15) is 6.04 Å². The van der Waals surface area contributed by atoms with Crippen LogP contribution in [0.5, 0.6) is 11.5 Å². The molecule has 27 heavy (non-hydrogen) atoms. The van der Waals surface area contributed by atoms with E-state index in [1.54, 1.807) is 40.6 Å². The van der Waals surface area contributed by atoms with Crippen LogP contribution in [0, 0.1) is 5.92 Å². The maximum atomic E-state index is 12.3. The van der Waals surface area contributed by atoms with Crippen molar-refractivity contribution in [2.75, 3.05) is 47.3 Å². The molecule has 0 radical (unpaired) electrons. The third-order valence-electron chi connectivity index (χ3n) is 4.78. The third kappa shape index (κ3) is 4.10. The summed E-state index contributed by atoms with van der Waals surface area (Å²) >= 11 is 0. The van der Waals surface area contributed by atoms with E-state index in [1.807, 2.05) is 22.9 Å². The minimum atomic E-state index is -3.32. The molecule has 2 heterocycles. The van der Waals surface area contributed by atoms with Crippen molar-refractivity contribution < 1.29 is 22.6 Å². The number of benzene rings is 1. The monoisotopic (exact) mass is 395 g/mol. The van der Waals surface area contributed by atoms with Gasteiger partial charge in [0.15, 0.2) is 0 Å². The number of imidazole rings is 1. The van der Waals surface area contributed by atoms with Crippen LogP contribution in [0.15, 0.2) is 30.6 Å². The van der Waals surface area contributed by atoms with E-state index in [1.165, 1.54) is 4.31 Å². The highest BCUT2D eigenvalue weighted by Gasteiger charge is 2.35. The second-order valence-electron chi connectivity index (χ2n) is 6.69. The van der Waals surface area contributed by atoms with Gasteiger partial charge in [-0.2, -0.15) is 0 Å². The van der Waals surface area contributed by atoms with Crippen LogP contribution in [-0.4, -0.2) is 69.6 Å². The molecule has 0 spiro atoms. The molecule has 1 saturated heterocycles. The Morgan fingerprint density at radius 1 is 1.19 bits per heavy atom. The van der Waals surface area contributed by atoms with Gasteiger partial charge >= 0.3 is 0 Å². The molecule has 0 bridgehead atoms. The highest BCUT2D eigenvalue weighted by molar-refractivity contribution is 7.89. The van der Waals surface area contributed by atoms with E-state index >= 15 is 0 Å². The van der Waals surface area contributed by atoms with E-state index in [4.69, 9.17) is 14.2 Å². The van der Waals surface area contributed by atoms with Crippen molar-refractivity contribution in [1.82, 2.24) is 13.9 Å². The van der Waals surface area contributed by atoms with Crippen LogP contribution in [0.2, 0.25) is 0 Å². The molecule has 0 unspecified atom stereocenters. The molecule has 8 nitrogen and oxygen atoms in total. The van der Waals surface area contributed by atoms with Gasteiger partial charge in [-0.25, -0.2) is 17.7 Å².